The fourth-order valence-electron chi connectivity index (χ4n) is 6.75. The van der Waals surface area contributed by atoms with Gasteiger partial charge in [-0.3, -0.25) is 9.59 Å². The van der Waals surface area contributed by atoms with Crippen molar-refractivity contribution < 1.29 is 23.8 Å². The van der Waals surface area contributed by atoms with Gasteiger partial charge in [-0.1, -0.05) is 220 Å². The van der Waals surface area contributed by atoms with Crippen LogP contribution in [-0.4, -0.2) is 37.9 Å². The number of carbonyl (C=O) groups is 2. The summed E-state index contributed by atoms with van der Waals surface area (Å²) in [7, 11) is 0. The van der Waals surface area contributed by atoms with Crippen LogP contribution in [0.1, 0.15) is 252 Å². The molecule has 0 aliphatic heterocycles. The van der Waals surface area contributed by atoms with E-state index in [1.54, 1.807) is 0 Å². The number of rotatable bonds is 42. The van der Waals surface area contributed by atoms with Crippen LogP contribution in [0.25, 0.3) is 0 Å². The summed E-state index contributed by atoms with van der Waals surface area (Å²) in [6.07, 6.45) is 43.9. The predicted octanol–water partition coefficient (Wildman–Crippen LogP) is 14.6. The van der Waals surface area contributed by atoms with Gasteiger partial charge in [0.1, 0.15) is 6.61 Å². The van der Waals surface area contributed by atoms with Crippen LogP contribution < -0.4 is 0 Å². The van der Waals surface area contributed by atoms with Crippen molar-refractivity contribution in [2.45, 2.75) is 258 Å². The van der Waals surface area contributed by atoms with Crippen molar-refractivity contribution in [2.75, 3.05) is 19.8 Å². The Labute approximate surface area is 312 Å². The van der Waals surface area contributed by atoms with Crippen molar-refractivity contribution in [3.05, 3.63) is 0 Å². The molecule has 0 aromatic rings. The highest BCUT2D eigenvalue weighted by atomic mass is 16.6. The van der Waals surface area contributed by atoms with Crippen LogP contribution in [-0.2, 0) is 23.8 Å². The lowest BCUT2D eigenvalue weighted by molar-refractivity contribution is -0.163. The summed E-state index contributed by atoms with van der Waals surface area (Å²) in [6.45, 7) is 7.84. The molecule has 0 spiro atoms. The first-order valence-corrected chi connectivity index (χ1v) is 22.6. The van der Waals surface area contributed by atoms with Crippen LogP contribution in [0.2, 0.25) is 0 Å². The molecule has 0 aromatic heterocycles. The third-order valence-electron chi connectivity index (χ3n) is 10.1. The van der Waals surface area contributed by atoms with E-state index in [1.165, 1.54) is 180 Å². The molecule has 0 aromatic carbocycles. The van der Waals surface area contributed by atoms with E-state index in [1.807, 2.05) is 0 Å². The minimum atomic E-state index is -0.519. The van der Waals surface area contributed by atoms with Gasteiger partial charge in [0, 0.05) is 19.4 Å². The summed E-state index contributed by atoms with van der Waals surface area (Å²) < 4.78 is 17.2. The number of hydrogen-bond donors (Lipinski definition) is 0. The van der Waals surface area contributed by atoms with Crippen molar-refractivity contribution in [1.82, 2.24) is 0 Å². The summed E-state index contributed by atoms with van der Waals surface area (Å²) in [4.78, 5) is 25.1. The molecule has 5 heteroatoms. The van der Waals surface area contributed by atoms with Gasteiger partial charge >= 0.3 is 11.9 Å². The molecule has 0 radical (unpaired) electrons. The second-order valence-electron chi connectivity index (χ2n) is 15.3. The van der Waals surface area contributed by atoms with Crippen molar-refractivity contribution in [2.24, 2.45) is 0 Å². The highest BCUT2D eigenvalue weighted by Crippen LogP contribution is 2.16. The number of carbonyl (C=O) groups excluding carboxylic acids is 2. The molecular weight excluding hydrogens is 620 g/mol. The van der Waals surface area contributed by atoms with Crippen LogP contribution in [0.4, 0.5) is 0 Å². The average Bonchev–Trinajstić information content (AvgIpc) is 3.11. The van der Waals surface area contributed by atoms with Gasteiger partial charge in [0.25, 0.3) is 0 Å². The Morgan fingerprint density at radius 3 is 1.02 bits per heavy atom. The predicted molar refractivity (Wildman–Crippen MR) is 215 cm³/mol. The maximum absolute atomic E-state index is 12.6. The first-order chi connectivity index (χ1) is 24.6. The monoisotopic (exact) mass is 709 g/mol. The van der Waals surface area contributed by atoms with Crippen molar-refractivity contribution in [3.63, 3.8) is 0 Å². The standard InChI is InChI=1S/C45H88O5/c1-4-7-10-13-16-18-20-22-23-25-26-28-30-32-35-38-44(46)49-42-43(41-48-40-37-34-15-12-9-6-3)50-45(47)39-36-33-31-29-27-24-21-19-17-14-11-8-5-2/h43H,4-42H2,1-3H3. The van der Waals surface area contributed by atoms with Gasteiger partial charge in [0.05, 0.1) is 6.61 Å². The maximum atomic E-state index is 12.6. The van der Waals surface area contributed by atoms with Crippen molar-refractivity contribution >= 4 is 11.9 Å². The van der Waals surface area contributed by atoms with Crippen LogP contribution >= 0.6 is 0 Å². The SMILES string of the molecule is CCCCCCCCCCCCCCCCCC(=O)OCC(COCCCCCCCC)OC(=O)CCCCCCCCCCCCCCC. The van der Waals surface area contributed by atoms with Crippen LogP contribution in [0.5, 0.6) is 0 Å². The Bertz CT molecular complexity index is 680. The molecule has 0 fully saturated rings. The second-order valence-corrected chi connectivity index (χ2v) is 15.3. The lowest BCUT2D eigenvalue weighted by atomic mass is 10.0. The molecule has 5 nitrogen and oxygen atoms in total. The molecule has 0 rings (SSSR count). The van der Waals surface area contributed by atoms with Gasteiger partial charge in [-0.25, -0.2) is 0 Å². The van der Waals surface area contributed by atoms with Crippen molar-refractivity contribution in [3.8, 4) is 0 Å². The topological polar surface area (TPSA) is 61.8 Å². The number of esters is 2. The third kappa shape index (κ3) is 39.7. The zero-order chi connectivity index (χ0) is 36.4. The minimum Gasteiger partial charge on any atom is -0.462 e. The van der Waals surface area contributed by atoms with Gasteiger partial charge < -0.3 is 14.2 Å². The van der Waals surface area contributed by atoms with Gasteiger partial charge in [0.15, 0.2) is 6.10 Å². The molecule has 0 saturated carbocycles. The lowest BCUT2D eigenvalue weighted by Crippen LogP contribution is -2.30. The zero-order valence-electron chi connectivity index (χ0n) is 34.2. The molecule has 0 saturated heterocycles. The Hall–Kier alpha value is -1.10. The molecule has 1 atom stereocenters. The Morgan fingerprint density at radius 1 is 0.360 bits per heavy atom. The molecule has 0 aliphatic carbocycles. The molecule has 298 valence electrons. The molecule has 50 heavy (non-hydrogen) atoms. The maximum Gasteiger partial charge on any atom is 0.306 e. The molecule has 0 amide bonds. The second kappa shape index (κ2) is 42.3. The van der Waals surface area contributed by atoms with E-state index < -0.39 is 6.10 Å². The van der Waals surface area contributed by atoms with E-state index in [9.17, 15) is 9.59 Å². The van der Waals surface area contributed by atoms with Gasteiger partial charge in [-0.05, 0) is 19.3 Å². The zero-order valence-corrected chi connectivity index (χ0v) is 34.2. The molecule has 0 heterocycles. The van der Waals surface area contributed by atoms with Crippen LogP contribution in [0.3, 0.4) is 0 Å². The summed E-state index contributed by atoms with van der Waals surface area (Å²) in [5.41, 5.74) is 0. The first-order valence-electron chi connectivity index (χ1n) is 22.6. The molecule has 0 N–H and O–H groups in total. The van der Waals surface area contributed by atoms with Gasteiger partial charge in [-0.2, -0.15) is 0 Å². The van der Waals surface area contributed by atoms with E-state index in [4.69, 9.17) is 14.2 Å². The van der Waals surface area contributed by atoms with E-state index in [-0.39, 0.29) is 18.5 Å². The summed E-state index contributed by atoms with van der Waals surface area (Å²) >= 11 is 0. The number of unbranched alkanes of at least 4 members (excludes halogenated alkanes) is 31. The molecular formula is C45H88O5. The van der Waals surface area contributed by atoms with E-state index in [0.717, 1.165) is 38.5 Å². The Balaban J connectivity index is 4.06. The smallest absolute Gasteiger partial charge is 0.306 e. The fraction of sp³-hybridized carbons (Fsp3) is 0.956. The molecule has 0 bridgehead atoms. The summed E-state index contributed by atoms with van der Waals surface area (Å²) in [5, 5.41) is 0. The fourth-order valence-corrected chi connectivity index (χ4v) is 6.75. The highest BCUT2D eigenvalue weighted by molar-refractivity contribution is 5.70. The number of ether oxygens (including phenoxy) is 3. The summed E-state index contributed by atoms with van der Waals surface area (Å²) in [6, 6.07) is 0. The Kier molecular flexibility index (Phi) is 41.4. The Morgan fingerprint density at radius 2 is 0.660 bits per heavy atom. The quantitative estimate of drug-likeness (QED) is 0.0466. The average molecular weight is 709 g/mol. The van der Waals surface area contributed by atoms with Gasteiger partial charge in [0.2, 0.25) is 0 Å². The van der Waals surface area contributed by atoms with Gasteiger partial charge in [-0.15, -0.1) is 0 Å². The van der Waals surface area contributed by atoms with Crippen molar-refractivity contribution in [1.29, 1.82) is 0 Å². The molecule has 1 unspecified atom stereocenters. The van der Waals surface area contributed by atoms with E-state index in [2.05, 4.69) is 20.8 Å². The van der Waals surface area contributed by atoms with Crippen LogP contribution in [0.15, 0.2) is 0 Å². The van der Waals surface area contributed by atoms with E-state index >= 15 is 0 Å². The lowest BCUT2D eigenvalue weighted by Gasteiger charge is -2.18. The third-order valence-corrected chi connectivity index (χ3v) is 10.1. The van der Waals surface area contributed by atoms with E-state index in [0.29, 0.717) is 26.1 Å². The molecule has 0 aliphatic rings. The summed E-state index contributed by atoms with van der Waals surface area (Å²) in [5.74, 6) is -0.382. The largest absolute Gasteiger partial charge is 0.462 e. The minimum absolute atomic E-state index is 0.0957. The van der Waals surface area contributed by atoms with Crippen LogP contribution in [0, 0.1) is 0 Å². The normalized spacial score (nSPS) is 12.0. The first kappa shape index (κ1) is 48.9. The number of hydrogen-bond acceptors (Lipinski definition) is 5. The highest BCUT2D eigenvalue weighted by Gasteiger charge is 2.17.